The van der Waals surface area contributed by atoms with Crippen molar-refractivity contribution in [3.8, 4) is 0 Å². The topological polar surface area (TPSA) is 0 Å². The van der Waals surface area contributed by atoms with Gasteiger partial charge in [0.1, 0.15) is 0 Å². The molecule has 0 aliphatic heterocycles. The second-order valence-corrected chi connectivity index (χ2v) is 4.86. The molecule has 0 nitrogen and oxygen atoms in total. The molecule has 2 aromatic carbocycles. The molecule has 0 radical (unpaired) electrons. The van der Waals surface area contributed by atoms with Crippen molar-refractivity contribution in [2.45, 2.75) is 0 Å². The third kappa shape index (κ3) is 4.42. The Labute approximate surface area is 118 Å². The quantitative estimate of drug-likeness (QED) is 0.321. The molecule has 0 fully saturated rings. The molecule has 0 aliphatic carbocycles. The third-order valence-corrected chi connectivity index (χ3v) is 2.89. The zero-order valence-electron chi connectivity index (χ0n) is 8.73. The summed E-state index contributed by atoms with van der Waals surface area (Å²) in [6.07, 6.45) is 0. The Bertz CT molecular complexity index is 523. The van der Waals surface area contributed by atoms with E-state index in [0.717, 1.165) is 18.2 Å². The Balaban J connectivity index is 0.000000180. The van der Waals surface area contributed by atoms with E-state index in [9.17, 15) is 17.6 Å². The van der Waals surface area contributed by atoms with Gasteiger partial charge in [-0.25, -0.2) is 17.6 Å². The molecule has 2 aromatic rings. The van der Waals surface area contributed by atoms with Crippen LogP contribution in [0.15, 0.2) is 45.3 Å². The summed E-state index contributed by atoms with van der Waals surface area (Å²) in [5.41, 5.74) is 0. The van der Waals surface area contributed by atoms with Crippen molar-refractivity contribution in [1.29, 1.82) is 0 Å². The van der Waals surface area contributed by atoms with Gasteiger partial charge in [0.2, 0.25) is 0 Å². The zero-order valence-corrected chi connectivity index (χ0v) is 11.9. The highest BCUT2D eigenvalue weighted by atomic mass is 79.9. The first-order chi connectivity index (χ1) is 8.41. The van der Waals surface area contributed by atoms with E-state index in [-0.39, 0.29) is 4.47 Å². The second kappa shape index (κ2) is 6.89. The van der Waals surface area contributed by atoms with Crippen LogP contribution in [0.1, 0.15) is 0 Å². The number of hydrogen-bond acceptors (Lipinski definition) is 0. The van der Waals surface area contributed by atoms with E-state index in [0.29, 0.717) is 4.47 Å². The fourth-order valence-corrected chi connectivity index (χ4v) is 1.62. The Kier molecular flexibility index (Phi) is 5.81. The molecule has 0 heterocycles. The van der Waals surface area contributed by atoms with E-state index in [1.165, 1.54) is 18.2 Å². The molecule has 0 aliphatic rings. The van der Waals surface area contributed by atoms with Crippen LogP contribution in [0.2, 0.25) is 0 Å². The van der Waals surface area contributed by atoms with Crippen molar-refractivity contribution in [3.63, 3.8) is 0 Å². The SMILES string of the molecule is Fc1ccc(Br)cc1F.Fc1cccc(Br)c1F. The summed E-state index contributed by atoms with van der Waals surface area (Å²) < 4.78 is 49.5. The van der Waals surface area contributed by atoms with E-state index in [4.69, 9.17) is 0 Å². The van der Waals surface area contributed by atoms with Gasteiger partial charge < -0.3 is 0 Å². The van der Waals surface area contributed by atoms with Gasteiger partial charge in [0, 0.05) is 4.47 Å². The predicted molar refractivity (Wildman–Crippen MR) is 68.1 cm³/mol. The molecule has 0 aromatic heterocycles. The first kappa shape index (κ1) is 15.2. The summed E-state index contributed by atoms with van der Waals surface area (Å²) in [6, 6.07) is 7.54. The molecule has 2 rings (SSSR count). The largest absolute Gasteiger partial charge is 0.204 e. The highest BCUT2D eigenvalue weighted by Gasteiger charge is 2.02. The van der Waals surface area contributed by atoms with Gasteiger partial charge in [0.05, 0.1) is 4.47 Å². The van der Waals surface area contributed by atoms with Crippen LogP contribution >= 0.6 is 31.9 Å². The molecule has 0 unspecified atom stereocenters. The van der Waals surface area contributed by atoms with E-state index in [1.54, 1.807) is 0 Å². The maximum atomic E-state index is 12.3. The van der Waals surface area contributed by atoms with Gasteiger partial charge in [-0.3, -0.25) is 0 Å². The van der Waals surface area contributed by atoms with Crippen LogP contribution < -0.4 is 0 Å². The Morgan fingerprint density at radius 1 is 0.722 bits per heavy atom. The van der Waals surface area contributed by atoms with Crippen molar-refractivity contribution in [1.82, 2.24) is 0 Å². The van der Waals surface area contributed by atoms with E-state index in [2.05, 4.69) is 31.9 Å². The lowest BCUT2D eigenvalue weighted by Gasteiger charge is -1.91. The third-order valence-electron chi connectivity index (χ3n) is 1.79. The standard InChI is InChI=1S/2C6H3BrF2/c7-4-1-2-5(8)6(9)3-4;7-4-2-1-3-5(8)6(4)9/h2*1-3H. The molecular formula is C12H6Br2F4. The number of halogens is 6. The normalized spacial score (nSPS) is 9.67. The first-order valence-corrected chi connectivity index (χ1v) is 6.20. The molecule has 18 heavy (non-hydrogen) atoms. The van der Waals surface area contributed by atoms with Crippen LogP contribution in [0.3, 0.4) is 0 Å². The molecule has 0 amide bonds. The van der Waals surface area contributed by atoms with E-state index < -0.39 is 23.3 Å². The molecule has 0 saturated heterocycles. The molecule has 6 heteroatoms. The number of benzene rings is 2. The van der Waals surface area contributed by atoms with Crippen LogP contribution in [-0.4, -0.2) is 0 Å². The molecule has 0 spiro atoms. The monoisotopic (exact) mass is 384 g/mol. The summed E-state index contributed by atoms with van der Waals surface area (Å²) in [5, 5.41) is 0. The molecule has 96 valence electrons. The van der Waals surface area contributed by atoms with Crippen LogP contribution in [-0.2, 0) is 0 Å². The van der Waals surface area contributed by atoms with Gasteiger partial charge in [0.15, 0.2) is 23.3 Å². The second-order valence-electron chi connectivity index (χ2n) is 3.09. The Morgan fingerprint density at radius 2 is 1.39 bits per heavy atom. The minimum Gasteiger partial charge on any atom is -0.204 e. The highest BCUT2D eigenvalue weighted by Crippen LogP contribution is 2.16. The Morgan fingerprint density at radius 3 is 1.83 bits per heavy atom. The average Bonchev–Trinajstić information content (AvgIpc) is 2.32. The summed E-state index contributed by atoms with van der Waals surface area (Å²) in [6.45, 7) is 0. The molecular weight excluding hydrogens is 380 g/mol. The summed E-state index contributed by atoms with van der Waals surface area (Å²) in [7, 11) is 0. The van der Waals surface area contributed by atoms with Gasteiger partial charge in [-0.1, -0.05) is 22.0 Å². The summed E-state index contributed by atoms with van der Waals surface area (Å²) in [4.78, 5) is 0. The van der Waals surface area contributed by atoms with Crippen molar-refractivity contribution >= 4 is 31.9 Å². The minimum absolute atomic E-state index is 0.155. The lowest BCUT2D eigenvalue weighted by atomic mass is 10.3. The van der Waals surface area contributed by atoms with Crippen LogP contribution in [0.5, 0.6) is 0 Å². The fraction of sp³-hybridized carbons (Fsp3) is 0. The number of hydrogen-bond donors (Lipinski definition) is 0. The van der Waals surface area contributed by atoms with Crippen LogP contribution in [0.25, 0.3) is 0 Å². The lowest BCUT2D eigenvalue weighted by molar-refractivity contribution is 0.504. The highest BCUT2D eigenvalue weighted by molar-refractivity contribution is 9.10. The fourth-order valence-electron chi connectivity index (χ4n) is 0.948. The van der Waals surface area contributed by atoms with Gasteiger partial charge in [-0.05, 0) is 46.3 Å². The smallest absolute Gasteiger partial charge is 0.172 e. The lowest BCUT2D eigenvalue weighted by Crippen LogP contribution is -1.81. The van der Waals surface area contributed by atoms with Gasteiger partial charge in [-0.2, -0.15) is 0 Å². The molecule has 0 N–H and O–H groups in total. The average molecular weight is 386 g/mol. The Hall–Kier alpha value is -0.880. The van der Waals surface area contributed by atoms with E-state index >= 15 is 0 Å². The van der Waals surface area contributed by atoms with Crippen molar-refractivity contribution < 1.29 is 17.6 Å². The summed E-state index contributed by atoms with van der Waals surface area (Å²) >= 11 is 5.82. The van der Waals surface area contributed by atoms with Crippen molar-refractivity contribution in [3.05, 3.63) is 68.6 Å². The zero-order chi connectivity index (χ0) is 13.7. The maximum absolute atomic E-state index is 12.3. The van der Waals surface area contributed by atoms with E-state index in [1.807, 2.05) is 0 Å². The molecule has 0 atom stereocenters. The molecule has 0 saturated carbocycles. The van der Waals surface area contributed by atoms with Gasteiger partial charge in [0.25, 0.3) is 0 Å². The van der Waals surface area contributed by atoms with Crippen molar-refractivity contribution in [2.24, 2.45) is 0 Å². The van der Waals surface area contributed by atoms with Crippen molar-refractivity contribution in [2.75, 3.05) is 0 Å². The first-order valence-electron chi connectivity index (χ1n) is 4.62. The number of rotatable bonds is 0. The van der Waals surface area contributed by atoms with Gasteiger partial charge in [-0.15, -0.1) is 0 Å². The maximum Gasteiger partial charge on any atom is 0.172 e. The van der Waals surface area contributed by atoms with Crippen LogP contribution in [0.4, 0.5) is 17.6 Å². The minimum atomic E-state index is -0.836. The summed E-state index contributed by atoms with van der Waals surface area (Å²) in [5.74, 6) is -3.32. The van der Waals surface area contributed by atoms with Crippen LogP contribution in [0, 0.1) is 23.3 Å². The predicted octanol–water partition coefficient (Wildman–Crippen LogP) is 5.45. The van der Waals surface area contributed by atoms with Gasteiger partial charge >= 0.3 is 0 Å². The molecule has 0 bridgehead atoms.